The molecule has 0 heterocycles. The molecule has 4 nitrogen and oxygen atoms in total. The summed E-state index contributed by atoms with van der Waals surface area (Å²) in [6, 6.07) is 4.68. The van der Waals surface area contributed by atoms with Crippen LogP contribution in [0.4, 0.5) is 8.78 Å². The molecule has 0 fully saturated rings. The third-order valence-corrected chi connectivity index (χ3v) is 2.08. The van der Waals surface area contributed by atoms with Crippen LogP contribution in [0.2, 0.25) is 0 Å². The van der Waals surface area contributed by atoms with Crippen LogP contribution in [0.3, 0.4) is 0 Å². The monoisotopic (exact) mass is 246 g/mol. The highest BCUT2D eigenvalue weighted by molar-refractivity contribution is 5.78. The molecule has 6 heteroatoms. The maximum Gasteiger partial charge on any atom is 0.380 e. The van der Waals surface area contributed by atoms with Gasteiger partial charge in [0.2, 0.25) is 0 Å². The molecule has 0 aliphatic heterocycles. The van der Waals surface area contributed by atoms with Gasteiger partial charge in [0.1, 0.15) is 5.75 Å². The Morgan fingerprint density at radius 2 is 2.18 bits per heavy atom. The number of carbonyl (C=O) groups excluding carboxylic acids is 1. The first kappa shape index (κ1) is 13.4. The van der Waals surface area contributed by atoms with Crippen molar-refractivity contribution in [3.8, 4) is 5.75 Å². The quantitative estimate of drug-likeness (QED) is 0.792. The fourth-order valence-electron chi connectivity index (χ4n) is 1.24. The molecule has 0 bridgehead atoms. The van der Waals surface area contributed by atoms with Crippen molar-refractivity contribution in [2.45, 2.75) is 19.0 Å². The van der Waals surface area contributed by atoms with E-state index in [0.717, 1.165) is 6.07 Å². The number of benzene rings is 1. The number of aliphatic hydroxyl groups excluding tert-OH is 1. The molecule has 17 heavy (non-hydrogen) atoms. The van der Waals surface area contributed by atoms with E-state index in [1.807, 2.05) is 0 Å². The van der Waals surface area contributed by atoms with Crippen LogP contribution in [-0.4, -0.2) is 28.7 Å². The molecule has 1 unspecified atom stereocenters. The number of phenols is 1. The summed E-state index contributed by atoms with van der Waals surface area (Å²) in [5.74, 6) is -6.12. The van der Waals surface area contributed by atoms with Gasteiger partial charge in [0.25, 0.3) is 0 Å². The molecular formula is C11H12F2O4. The second kappa shape index (κ2) is 5.09. The van der Waals surface area contributed by atoms with Crippen molar-refractivity contribution in [3.63, 3.8) is 0 Å². The number of carbonyl (C=O) groups is 1. The van der Waals surface area contributed by atoms with Crippen molar-refractivity contribution >= 4 is 5.97 Å². The lowest BCUT2D eigenvalue weighted by Crippen LogP contribution is -2.37. The molecule has 0 aliphatic rings. The molecule has 94 valence electrons. The summed E-state index contributed by atoms with van der Waals surface area (Å²) < 4.78 is 31.0. The van der Waals surface area contributed by atoms with Crippen LogP contribution in [0.5, 0.6) is 5.75 Å². The Labute approximate surface area is 96.5 Å². The van der Waals surface area contributed by atoms with Crippen molar-refractivity contribution in [1.82, 2.24) is 0 Å². The third kappa shape index (κ3) is 2.91. The minimum atomic E-state index is -4.05. The standard InChI is InChI=1S/C11H12F2O4/c1-2-17-10(16)11(12,13)9(15)7-4-3-5-8(14)6-7/h3-6,9,14-15H,2H2,1H3. The SMILES string of the molecule is CCOC(=O)C(F)(F)C(O)c1cccc(O)c1. The summed E-state index contributed by atoms with van der Waals surface area (Å²) in [4.78, 5) is 11.0. The summed E-state index contributed by atoms with van der Waals surface area (Å²) in [6.45, 7) is 1.18. The maximum absolute atomic E-state index is 13.4. The first-order valence-electron chi connectivity index (χ1n) is 4.91. The van der Waals surface area contributed by atoms with Gasteiger partial charge in [-0.3, -0.25) is 0 Å². The number of aliphatic hydroxyl groups is 1. The topological polar surface area (TPSA) is 66.8 Å². The lowest BCUT2D eigenvalue weighted by Gasteiger charge is -2.20. The summed E-state index contributed by atoms with van der Waals surface area (Å²) in [7, 11) is 0. The van der Waals surface area contributed by atoms with Gasteiger partial charge in [-0.1, -0.05) is 12.1 Å². The van der Waals surface area contributed by atoms with Crippen LogP contribution in [0.1, 0.15) is 18.6 Å². The third-order valence-electron chi connectivity index (χ3n) is 2.08. The fourth-order valence-corrected chi connectivity index (χ4v) is 1.24. The Morgan fingerprint density at radius 1 is 1.53 bits per heavy atom. The number of phenolic OH excluding ortho intramolecular Hbond substituents is 1. The van der Waals surface area contributed by atoms with Gasteiger partial charge in [-0.05, 0) is 24.6 Å². The van der Waals surface area contributed by atoms with E-state index in [0.29, 0.717) is 0 Å². The van der Waals surface area contributed by atoms with E-state index < -0.39 is 18.0 Å². The van der Waals surface area contributed by atoms with Crippen LogP contribution in [0, 0.1) is 0 Å². The molecule has 0 saturated carbocycles. The van der Waals surface area contributed by atoms with Crippen LogP contribution in [0.25, 0.3) is 0 Å². The van der Waals surface area contributed by atoms with Gasteiger partial charge in [0, 0.05) is 0 Å². The molecule has 0 saturated heterocycles. The summed E-state index contributed by atoms with van der Waals surface area (Å²) >= 11 is 0. The summed E-state index contributed by atoms with van der Waals surface area (Å²) in [5, 5.41) is 18.5. The Morgan fingerprint density at radius 3 is 2.71 bits per heavy atom. The number of rotatable bonds is 4. The zero-order valence-corrected chi connectivity index (χ0v) is 9.06. The van der Waals surface area contributed by atoms with Crippen LogP contribution < -0.4 is 0 Å². The van der Waals surface area contributed by atoms with Gasteiger partial charge in [-0.15, -0.1) is 0 Å². The van der Waals surface area contributed by atoms with Crippen molar-refractivity contribution in [2.75, 3.05) is 6.61 Å². The van der Waals surface area contributed by atoms with Gasteiger partial charge in [0.15, 0.2) is 6.10 Å². The highest BCUT2D eigenvalue weighted by Gasteiger charge is 2.49. The summed E-state index contributed by atoms with van der Waals surface area (Å²) in [6.07, 6.45) is -2.35. The van der Waals surface area contributed by atoms with Gasteiger partial charge in [-0.25, -0.2) is 4.79 Å². The normalized spacial score (nSPS) is 13.2. The maximum atomic E-state index is 13.4. The molecular weight excluding hydrogens is 234 g/mol. The smallest absolute Gasteiger partial charge is 0.380 e. The molecule has 1 aromatic rings. The number of halogens is 2. The van der Waals surface area contributed by atoms with Crippen LogP contribution >= 0.6 is 0 Å². The van der Waals surface area contributed by atoms with E-state index in [9.17, 15) is 18.7 Å². The average molecular weight is 246 g/mol. The second-order valence-corrected chi connectivity index (χ2v) is 3.34. The summed E-state index contributed by atoms with van der Waals surface area (Å²) in [5.41, 5.74) is -0.261. The minimum absolute atomic E-state index is 0.207. The molecule has 0 spiro atoms. The van der Waals surface area contributed by atoms with Gasteiger partial charge >= 0.3 is 11.9 Å². The van der Waals surface area contributed by atoms with Crippen molar-refractivity contribution in [1.29, 1.82) is 0 Å². The molecule has 0 aliphatic carbocycles. The predicted molar refractivity (Wildman–Crippen MR) is 54.6 cm³/mol. The molecule has 1 rings (SSSR count). The number of hydrogen-bond acceptors (Lipinski definition) is 4. The fraction of sp³-hybridized carbons (Fsp3) is 0.364. The zero-order valence-electron chi connectivity index (χ0n) is 9.06. The van der Waals surface area contributed by atoms with E-state index in [2.05, 4.69) is 4.74 Å². The number of hydrogen-bond donors (Lipinski definition) is 2. The predicted octanol–water partition coefficient (Wildman–Crippen LogP) is 1.62. The lowest BCUT2D eigenvalue weighted by molar-refractivity contribution is -0.189. The zero-order chi connectivity index (χ0) is 13.1. The highest BCUT2D eigenvalue weighted by atomic mass is 19.3. The first-order valence-corrected chi connectivity index (χ1v) is 4.91. The van der Waals surface area contributed by atoms with E-state index in [1.54, 1.807) is 0 Å². The Bertz CT molecular complexity index is 406. The van der Waals surface area contributed by atoms with Gasteiger partial charge in [0.05, 0.1) is 6.61 Å². The number of alkyl halides is 2. The van der Waals surface area contributed by atoms with E-state index >= 15 is 0 Å². The number of esters is 1. The molecule has 0 amide bonds. The Hall–Kier alpha value is -1.69. The molecule has 2 N–H and O–H groups in total. The van der Waals surface area contributed by atoms with E-state index in [1.165, 1.54) is 25.1 Å². The van der Waals surface area contributed by atoms with Gasteiger partial charge < -0.3 is 14.9 Å². The largest absolute Gasteiger partial charge is 0.508 e. The lowest BCUT2D eigenvalue weighted by atomic mass is 10.0. The Balaban J connectivity index is 2.95. The average Bonchev–Trinajstić information content (AvgIpc) is 2.28. The number of aromatic hydroxyl groups is 1. The molecule has 0 radical (unpaired) electrons. The van der Waals surface area contributed by atoms with Crippen LogP contribution in [0.15, 0.2) is 24.3 Å². The first-order chi connectivity index (χ1) is 7.89. The Kier molecular flexibility index (Phi) is 4.01. The van der Waals surface area contributed by atoms with E-state index in [4.69, 9.17) is 5.11 Å². The van der Waals surface area contributed by atoms with Crippen molar-refractivity contribution in [3.05, 3.63) is 29.8 Å². The molecule has 1 aromatic carbocycles. The van der Waals surface area contributed by atoms with Crippen LogP contribution in [-0.2, 0) is 9.53 Å². The molecule has 0 aromatic heterocycles. The second-order valence-electron chi connectivity index (χ2n) is 3.34. The van der Waals surface area contributed by atoms with E-state index in [-0.39, 0.29) is 17.9 Å². The molecule has 1 atom stereocenters. The highest BCUT2D eigenvalue weighted by Crippen LogP contribution is 2.33. The van der Waals surface area contributed by atoms with Crippen molar-refractivity contribution in [2.24, 2.45) is 0 Å². The number of ether oxygens (including phenoxy) is 1. The van der Waals surface area contributed by atoms with Gasteiger partial charge in [-0.2, -0.15) is 8.78 Å². The minimum Gasteiger partial charge on any atom is -0.508 e. The van der Waals surface area contributed by atoms with Crippen molar-refractivity contribution < 1.29 is 28.5 Å².